The second-order valence-corrected chi connectivity index (χ2v) is 6.88. The van der Waals surface area contributed by atoms with Crippen molar-refractivity contribution in [2.45, 2.75) is 38.3 Å². The van der Waals surface area contributed by atoms with Crippen molar-refractivity contribution in [3.8, 4) is 17.1 Å². The van der Waals surface area contributed by atoms with Crippen molar-refractivity contribution in [2.24, 2.45) is 0 Å². The van der Waals surface area contributed by atoms with Gasteiger partial charge in [-0.1, -0.05) is 0 Å². The molecule has 0 saturated heterocycles. The van der Waals surface area contributed by atoms with Crippen molar-refractivity contribution in [1.29, 1.82) is 0 Å². The standard InChI is InChI=1S/C22H22N4O2/c27-22(18-7-8-21(25-15-18)28-19-5-1-2-6-19)26-13-16-9-11-24-20(12-16)17-4-3-10-23-14-17/h3-4,7-12,14-15,19H,1-2,5-6,13H2,(H,26,27). The highest BCUT2D eigenvalue weighted by molar-refractivity contribution is 5.93. The molecule has 142 valence electrons. The molecule has 0 unspecified atom stereocenters. The molecule has 28 heavy (non-hydrogen) atoms. The first kappa shape index (κ1) is 18.1. The van der Waals surface area contributed by atoms with Crippen molar-refractivity contribution in [3.05, 3.63) is 72.3 Å². The zero-order chi connectivity index (χ0) is 19.2. The molecule has 0 radical (unpaired) electrons. The number of pyridine rings is 3. The van der Waals surface area contributed by atoms with Crippen LogP contribution in [-0.2, 0) is 6.54 Å². The van der Waals surface area contributed by atoms with E-state index in [0.29, 0.717) is 18.0 Å². The van der Waals surface area contributed by atoms with E-state index in [1.165, 1.54) is 12.8 Å². The van der Waals surface area contributed by atoms with E-state index in [2.05, 4.69) is 20.3 Å². The summed E-state index contributed by atoms with van der Waals surface area (Å²) < 4.78 is 5.84. The highest BCUT2D eigenvalue weighted by Gasteiger charge is 2.17. The number of carbonyl (C=O) groups excluding carboxylic acids is 1. The summed E-state index contributed by atoms with van der Waals surface area (Å²) in [6, 6.07) is 11.2. The minimum absolute atomic E-state index is 0.167. The second kappa shape index (κ2) is 8.61. The lowest BCUT2D eigenvalue weighted by Gasteiger charge is -2.12. The average Bonchev–Trinajstić information content (AvgIpc) is 3.26. The fourth-order valence-electron chi connectivity index (χ4n) is 3.30. The van der Waals surface area contributed by atoms with E-state index in [1.807, 2.05) is 24.3 Å². The van der Waals surface area contributed by atoms with Gasteiger partial charge in [0.15, 0.2) is 0 Å². The molecule has 1 fully saturated rings. The van der Waals surface area contributed by atoms with Crippen LogP contribution in [0, 0.1) is 0 Å². The number of hydrogen-bond acceptors (Lipinski definition) is 5. The maximum Gasteiger partial charge on any atom is 0.253 e. The summed E-state index contributed by atoms with van der Waals surface area (Å²) in [4.78, 5) is 25.2. The van der Waals surface area contributed by atoms with Crippen LogP contribution in [0.25, 0.3) is 11.3 Å². The summed E-state index contributed by atoms with van der Waals surface area (Å²) in [5.41, 5.74) is 3.25. The van der Waals surface area contributed by atoms with Crippen molar-refractivity contribution >= 4 is 5.91 Å². The first-order valence-electron chi connectivity index (χ1n) is 9.54. The fourth-order valence-corrected chi connectivity index (χ4v) is 3.30. The predicted octanol–water partition coefficient (Wildman–Crippen LogP) is 3.79. The molecule has 4 rings (SSSR count). The lowest BCUT2D eigenvalue weighted by molar-refractivity contribution is 0.0950. The zero-order valence-electron chi connectivity index (χ0n) is 15.5. The smallest absolute Gasteiger partial charge is 0.253 e. The molecule has 1 aliphatic rings. The average molecular weight is 374 g/mol. The largest absolute Gasteiger partial charge is 0.474 e. The van der Waals surface area contributed by atoms with Gasteiger partial charge in [-0.05, 0) is 61.6 Å². The van der Waals surface area contributed by atoms with E-state index in [1.54, 1.807) is 36.9 Å². The van der Waals surface area contributed by atoms with E-state index in [4.69, 9.17) is 4.74 Å². The number of ether oxygens (including phenoxy) is 1. The zero-order valence-corrected chi connectivity index (χ0v) is 15.5. The summed E-state index contributed by atoms with van der Waals surface area (Å²) in [6.07, 6.45) is 11.6. The Kier molecular flexibility index (Phi) is 5.56. The number of rotatable bonds is 6. The molecular weight excluding hydrogens is 352 g/mol. The monoisotopic (exact) mass is 374 g/mol. The Bertz CT molecular complexity index is 923. The number of aromatic nitrogens is 3. The molecule has 0 bridgehead atoms. The van der Waals surface area contributed by atoms with Crippen molar-refractivity contribution < 1.29 is 9.53 Å². The minimum atomic E-state index is -0.167. The van der Waals surface area contributed by atoms with Gasteiger partial charge in [-0.2, -0.15) is 0 Å². The lowest BCUT2D eigenvalue weighted by Crippen LogP contribution is -2.23. The van der Waals surface area contributed by atoms with E-state index in [0.717, 1.165) is 29.7 Å². The summed E-state index contributed by atoms with van der Waals surface area (Å²) in [7, 11) is 0. The number of nitrogens with zero attached hydrogens (tertiary/aromatic N) is 3. The molecule has 3 aromatic rings. The van der Waals surface area contributed by atoms with Gasteiger partial charge in [0.1, 0.15) is 6.10 Å². The summed E-state index contributed by atoms with van der Waals surface area (Å²) in [5.74, 6) is 0.415. The molecule has 6 nitrogen and oxygen atoms in total. The Morgan fingerprint density at radius 1 is 1.07 bits per heavy atom. The molecule has 0 atom stereocenters. The van der Waals surface area contributed by atoms with Gasteiger partial charge in [0.05, 0.1) is 11.3 Å². The van der Waals surface area contributed by atoms with E-state index in [-0.39, 0.29) is 12.0 Å². The molecule has 1 aliphatic carbocycles. The SMILES string of the molecule is O=C(NCc1ccnc(-c2cccnc2)c1)c1ccc(OC2CCCC2)nc1. The van der Waals surface area contributed by atoms with Gasteiger partial charge in [-0.15, -0.1) is 0 Å². The van der Waals surface area contributed by atoms with Gasteiger partial charge in [-0.25, -0.2) is 4.98 Å². The minimum Gasteiger partial charge on any atom is -0.474 e. The Balaban J connectivity index is 1.35. The maximum atomic E-state index is 12.4. The van der Waals surface area contributed by atoms with Gasteiger partial charge in [-0.3, -0.25) is 14.8 Å². The van der Waals surface area contributed by atoms with Crippen LogP contribution < -0.4 is 10.1 Å². The van der Waals surface area contributed by atoms with Crippen LogP contribution in [0.3, 0.4) is 0 Å². The van der Waals surface area contributed by atoms with Gasteiger partial charge >= 0.3 is 0 Å². The topological polar surface area (TPSA) is 77.0 Å². The van der Waals surface area contributed by atoms with Crippen LogP contribution in [0.5, 0.6) is 5.88 Å². The molecule has 1 amide bonds. The van der Waals surface area contributed by atoms with Crippen LogP contribution in [-0.4, -0.2) is 27.0 Å². The van der Waals surface area contributed by atoms with Gasteiger partial charge < -0.3 is 10.1 Å². The van der Waals surface area contributed by atoms with Crippen LogP contribution in [0.2, 0.25) is 0 Å². The quantitative estimate of drug-likeness (QED) is 0.710. The molecule has 3 aromatic heterocycles. The first-order chi connectivity index (χ1) is 13.8. The molecule has 1 N–H and O–H groups in total. The molecule has 0 aliphatic heterocycles. The van der Waals surface area contributed by atoms with Gasteiger partial charge in [0.2, 0.25) is 5.88 Å². The van der Waals surface area contributed by atoms with Crippen molar-refractivity contribution in [1.82, 2.24) is 20.3 Å². The Labute approximate surface area is 164 Å². The summed E-state index contributed by atoms with van der Waals surface area (Å²) in [6.45, 7) is 0.412. The number of hydrogen-bond donors (Lipinski definition) is 1. The maximum absolute atomic E-state index is 12.4. The third-order valence-corrected chi connectivity index (χ3v) is 4.82. The third kappa shape index (κ3) is 4.52. The van der Waals surface area contributed by atoms with Crippen LogP contribution >= 0.6 is 0 Å². The van der Waals surface area contributed by atoms with E-state index in [9.17, 15) is 4.79 Å². The van der Waals surface area contributed by atoms with E-state index < -0.39 is 0 Å². The fraction of sp³-hybridized carbons (Fsp3) is 0.273. The number of amides is 1. The Morgan fingerprint density at radius 2 is 1.96 bits per heavy atom. The second-order valence-electron chi connectivity index (χ2n) is 6.88. The molecule has 1 saturated carbocycles. The Hall–Kier alpha value is -3.28. The van der Waals surface area contributed by atoms with Crippen LogP contribution in [0.4, 0.5) is 0 Å². The number of nitrogens with one attached hydrogen (secondary N) is 1. The molecule has 0 aromatic carbocycles. The Morgan fingerprint density at radius 3 is 2.71 bits per heavy atom. The highest BCUT2D eigenvalue weighted by Crippen LogP contribution is 2.23. The van der Waals surface area contributed by atoms with Crippen molar-refractivity contribution in [3.63, 3.8) is 0 Å². The number of carbonyl (C=O) groups is 1. The van der Waals surface area contributed by atoms with E-state index >= 15 is 0 Å². The summed E-state index contributed by atoms with van der Waals surface area (Å²) in [5, 5.41) is 2.92. The predicted molar refractivity (Wildman–Crippen MR) is 106 cm³/mol. The molecule has 3 heterocycles. The molecular formula is C22H22N4O2. The third-order valence-electron chi connectivity index (χ3n) is 4.82. The highest BCUT2D eigenvalue weighted by atomic mass is 16.5. The molecule has 6 heteroatoms. The van der Waals surface area contributed by atoms with Crippen LogP contribution in [0.15, 0.2) is 61.2 Å². The molecule has 0 spiro atoms. The van der Waals surface area contributed by atoms with Crippen molar-refractivity contribution in [2.75, 3.05) is 0 Å². The van der Waals surface area contributed by atoms with Crippen LogP contribution in [0.1, 0.15) is 41.6 Å². The lowest BCUT2D eigenvalue weighted by atomic mass is 10.1. The summed E-state index contributed by atoms with van der Waals surface area (Å²) >= 11 is 0. The van der Waals surface area contributed by atoms with Gasteiger partial charge in [0, 0.05) is 43.0 Å². The van der Waals surface area contributed by atoms with Gasteiger partial charge in [0.25, 0.3) is 5.91 Å². The normalized spacial score (nSPS) is 14.0. The first-order valence-corrected chi connectivity index (χ1v) is 9.54.